The van der Waals surface area contributed by atoms with Crippen molar-refractivity contribution in [1.82, 2.24) is 5.32 Å². The molecular weight excluding hydrogens is 214 g/mol. The molecular formula is C14H19NO2. The molecule has 17 heavy (non-hydrogen) atoms. The molecule has 3 heteroatoms. The average Bonchev–Trinajstić information content (AvgIpc) is 2.36. The zero-order valence-corrected chi connectivity index (χ0v) is 10.3. The number of fused-ring (bicyclic) bond motifs is 1. The van der Waals surface area contributed by atoms with Crippen molar-refractivity contribution >= 4 is 5.91 Å². The highest BCUT2D eigenvalue weighted by atomic mass is 16.5. The Hall–Kier alpha value is -1.35. The van der Waals surface area contributed by atoms with Crippen molar-refractivity contribution < 1.29 is 9.53 Å². The molecule has 1 amide bonds. The first kappa shape index (κ1) is 12.1. The fraction of sp³-hybridized carbons (Fsp3) is 0.500. The van der Waals surface area contributed by atoms with Gasteiger partial charge in [-0.2, -0.15) is 0 Å². The normalized spacial score (nSPS) is 14.2. The van der Waals surface area contributed by atoms with E-state index in [1.807, 2.05) is 6.07 Å². The molecule has 1 aliphatic heterocycles. The molecule has 0 aliphatic carbocycles. The van der Waals surface area contributed by atoms with Gasteiger partial charge in [-0.1, -0.05) is 25.1 Å². The molecule has 2 rings (SSSR count). The number of hydrogen-bond donors (Lipinski definition) is 1. The zero-order valence-electron chi connectivity index (χ0n) is 10.3. The topological polar surface area (TPSA) is 38.3 Å². The van der Waals surface area contributed by atoms with Crippen LogP contribution in [0.25, 0.3) is 0 Å². The third-order valence-corrected chi connectivity index (χ3v) is 2.98. The number of hydrogen-bond acceptors (Lipinski definition) is 2. The van der Waals surface area contributed by atoms with Crippen molar-refractivity contribution in [2.75, 3.05) is 13.2 Å². The van der Waals surface area contributed by atoms with E-state index in [-0.39, 0.29) is 5.91 Å². The molecule has 0 bridgehead atoms. The van der Waals surface area contributed by atoms with E-state index < -0.39 is 0 Å². The number of carbonyl (C=O) groups is 1. The summed E-state index contributed by atoms with van der Waals surface area (Å²) < 4.78 is 5.39. The second-order valence-corrected chi connectivity index (χ2v) is 4.43. The summed E-state index contributed by atoms with van der Waals surface area (Å²) in [4.78, 5) is 11.6. The molecule has 92 valence electrons. The van der Waals surface area contributed by atoms with Crippen LogP contribution in [0.3, 0.4) is 0 Å². The second-order valence-electron chi connectivity index (χ2n) is 4.43. The van der Waals surface area contributed by atoms with Crippen LogP contribution in [0.1, 0.15) is 30.0 Å². The molecule has 0 aromatic heterocycles. The standard InChI is InChI=1S/C14H19NO2/c1-2-6-15-14(16)9-11-3-4-13-10-17-7-5-12(13)8-11/h3-4,8H,2,5-7,9-10H2,1H3,(H,15,16). The number of rotatable bonds is 4. The van der Waals surface area contributed by atoms with Crippen molar-refractivity contribution in [3.05, 3.63) is 34.9 Å². The third-order valence-electron chi connectivity index (χ3n) is 2.98. The van der Waals surface area contributed by atoms with Crippen LogP contribution >= 0.6 is 0 Å². The van der Waals surface area contributed by atoms with Gasteiger partial charge >= 0.3 is 0 Å². The Bertz CT molecular complexity index is 401. The Morgan fingerprint density at radius 3 is 3.12 bits per heavy atom. The summed E-state index contributed by atoms with van der Waals surface area (Å²) in [6, 6.07) is 6.25. The third kappa shape index (κ3) is 3.30. The minimum atomic E-state index is 0.110. The van der Waals surface area contributed by atoms with Gasteiger partial charge in [-0.3, -0.25) is 4.79 Å². The summed E-state index contributed by atoms with van der Waals surface area (Å²) in [5, 5.41) is 2.90. The Kier molecular flexibility index (Phi) is 4.15. The lowest BCUT2D eigenvalue weighted by molar-refractivity contribution is -0.120. The summed E-state index contributed by atoms with van der Waals surface area (Å²) in [7, 11) is 0. The first-order valence-electron chi connectivity index (χ1n) is 6.24. The Labute approximate surface area is 102 Å². The van der Waals surface area contributed by atoms with E-state index in [1.54, 1.807) is 0 Å². The lowest BCUT2D eigenvalue weighted by Crippen LogP contribution is -2.25. The highest BCUT2D eigenvalue weighted by Crippen LogP contribution is 2.18. The Balaban J connectivity index is 1.99. The van der Waals surface area contributed by atoms with Crippen molar-refractivity contribution in [2.45, 2.75) is 32.8 Å². The SMILES string of the molecule is CCCNC(=O)Cc1ccc2c(c1)CCOC2. The highest BCUT2D eigenvalue weighted by Gasteiger charge is 2.10. The van der Waals surface area contributed by atoms with E-state index in [2.05, 4.69) is 24.4 Å². The van der Waals surface area contributed by atoms with Gasteiger partial charge in [-0.25, -0.2) is 0 Å². The average molecular weight is 233 g/mol. The molecule has 1 aromatic rings. The number of amides is 1. The highest BCUT2D eigenvalue weighted by molar-refractivity contribution is 5.78. The van der Waals surface area contributed by atoms with Gasteiger partial charge < -0.3 is 10.1 Å². The van der Waals surface area contributed by atoms with Gasteiger partial charge in [0.15, 0.2) is 0 Å². The molecule has 1 aromatic carbocycles. The van der Waals surface area contributed by atoms with E-state index in [9.17, 15) is 4.79 Å². The van der Waals surface area contributed by atoms with Crippen molar-refractivity contribution in [3.8, 4) is 0 Å². The molecule has 0 saturated heterocycles. The molecule has 0 fully saturated rings. The number of carbonyl (C=O) groups excluding carboxylic acids is 1. The van der Waals surface area contributed by atoms with Crippen LogP contribution in [0.5, 0.6) is 0 Å². The van der Waals surface area contributed by atoms with Crippen LogP contribution in [0.2, 0.25) is 0 Å². The van der Waals surface area contributed by atoms with Gasteiger partial charge in [-0.05, 0) is 29.5 Å². The van der Waals surface area contributed by atoms with Crippen LogP contribution in [0, 0.1) is 0 Å². The molecule has 1 aliphatic rings. The fourth-order valence-corrected chi connectivity index (χ4v) is 2.04. The first-order chi connectivity index (χ1) is 8.29. The maximum absolute atomic E-state index is 11.6. The molecule has 0 atom stereocenters. The minimum Gasteiger partial charge on any atom is -0.376 e. The largest absolute Gasteiger partial charge is 0.376 e. The fourth-order valence-electron chi connectivity index (χ4n) is 2.04. The minimum absolute atomic E-state index is 0.110. The maximum atomic E-state index is 11.6. The van der Waals surface area contributed by atoms with Crippen molar-refractivity contribution in [1.29, 1.82) is 0 Å². The van der Waals surface area contributed by atoms with Crippen LogP contribution < -0.4 is 5.32 Å². The second kappa shape index (κ2) is 5.82. The van der Waals surface area contributed by atoms with Gasteiger partial charge in [0, 0.05) is 6.54 Å². The summed E-state index contributed by atoms with van der Waals surface area (Å²) >= 11 is 0. The summed E-state index contributed by atoms with van der Waals surface area (Å²) in [5.41, 5.74) is 3.69. The summed E-state index contributed by atoms with van der Waals surface area (Å²) in [6.07, 6.45) is 2.42. The van der Waals surface area contributed by atoms with Gasteiger partial charge in [0.05, 0.1) is 19.6 Å². The van der Waals surface area contributed by atoms with Gasteiger partial charge in [-0.15, -0.1) is 0 Å². The number of ether oxygens (including phenoxy) is 1. The van der Waals surface area contributed by atoms with E-state index in [4.69, 9.17) is 4.74 Å². The number of benzene rings is 1. The lowest BCUT2D eigenvalue weighted by Gasteiger charge is -2.17. The predicted molar refractivity (Wildman–Crippen MR) is 66.8 cm³/mol. The molecule has 0 radical (unpaired) electrons. The van der Waals surface area contributed by atoms with Gasteiger partial charge in [0.25, 0.3) is 0 Å². The molecule has 0 unspecified atom stereocenters. The van der Waals surface area contributed by atoms with Crippen molar-refractivity contribution in [3.63, 3.8) is 0 Å². The Morgan fingerprint density at radius 1 is 1.41 bits per heavy atom. The zero-order chi connectivity index (χ0) is 12.1. The van der Waals surface area contributed by atoms with E-state index in [0.29, 0.717) is 13.0 Å². The first-order valence-corrected chi connectivity index (χ1v) is 6.24. The van der Waals surface area contributed by atoms with Gasteiger partial charge in [0.1, 0.15) is 0 Å². The Morgan fingerprint density at radius 2 is 2.29 bits per heavy atom. The smallest absolute Gasteiger partial charge is 0.224 e. The lowest BCUT2D eigenvalue weighted by atomic mass is 9.99. The molecule has 1 heterocycles. The van der Waals surface area contributed by atoms with E-state index >= 15 is 0 Å². The quantitative estimate of drug-likeness (QED) is 0.861. The molecule has 0 spiro atoms. The molecule has 3 nitrogen and oxygen atoms in total. The number of nitrogens with one attached hydrogen (secondary N) is 1. The summed E-state index contributed by atoms with van der Waals surface area (Å²) in [6.45, 7) is 4.31. The van der Waals surface area contributed by atoms with E-state index in [0.717, 1.165) is 31.6 Å². The van der Waals surface area contributed by atoms with Crippen LogP contribution in [-0.2, 0) is 29.0 Å². The predicted octanol–water partition coefficient (Wildman–Crippen LogP) is 1.83. The molecule has 1 N–H and O–H groups in total. The van der Waals surface area contributed by atoms with Crippen molar-refractivity contribution in [2.24, 2.45) is 0 Å². The molecule has 0 saturated carbocycles. The van der Waals surface area contributed by atoms with Gasteiger partial charge in [0.2, 0.25) is 5.91 Å². The van der Waals surface area contributed by atoms with Crippen LogP contribution in [0.15, 0.2) is 18.2 Å². The summed E-state index contributed by atoms with van der Waals surface area (Å²) in [5.74, 6) is 0.110. The monoisotopic (exact) mass is 233 g/mol. The van der Waals surface area contributed by atoms with Crippen LogP contribution in [0.4, 0.5) is 0 Å². The van der Waals surface area contributed by atoms with Crippen LogP contribution in [-0.4, -0.2) is 19.1 Å². The maximum Gasteiger partial charge on any atom is 0.224 e. The van der Waals surface area contributed by atoms with E-state index in [1.165, 1.54) is 11.1 Å².